The van der Waals surface area contributed by atoms with Crippen LogP contribution in [0.25, 0.3) is 11.1 Å². The van der Waals surface area contributed by atoms with Gasteiger partial charge in [0.05, 0.1) is 23.3 Å². The van der Waals surface area contributed by atoms with Gasteiger partial charge in [-0.25, -0.2) is 13.2 Å². The van der Waals surface area contributed by atoms with Crippen molar-refractivity contribution < 1.29 is 17.6 Å². The second-order valence-corrected chi connectivity index (χ2v) is 7.16. The third-order valence-corrected chi connectivity index (χ3v) is 5.19. The average molecular weight is 369 g/mol. The van der Waals surface area contributed by atoms with Gasteiger partial charge in [-0.3, -0.25) is 9.71 Å². The van der Waals surface area contributed by atoms with Crippen LogP contribution in [0.15, 0.2) is 44.4 Å². The zero-order valence-electron chi connectivity index (χ0n) is 12.7. The summed E-state index contributed by atoms with van der Waals surface area (Å²) in [4.78, 5) is 13.4. The van der Waals surface area contributed by atoms with Crippen molar-refractivity contribution in [3.05, 3.63) is 51.5 Å². The van der Waals surface area contributed by atoms with Gasteiger partial charge in [0.15, 0.2) is 5.58 Å². The molecule has 7 nitrogen and oxygen atoms in total. The summed E-state index contributed by atoms with van der Waals surface area (Å²) in [7, 11) is -2.57. The second-order valence-electron chi connectivity index (χ2n) is 5.10. The highest BCUT2D eigenvalue weighted by atomic mass is 35.5. The Morgan fingerprint density at radius 1 is 1.25 bits per heavy atom. The molecule has 0 spiro atoms. The normalized spacial score (nSPS) is 11.6. The molecule has 0 aliphatic rings. The Morgan fingerprint density at radius 3 is 2.71 bits per heavy atom. The third kappa shape index (κ3) is 2.98. The Kier molecular flexibility index (Phi) is 4.02. The van der Waals surface area contributed by atoms with E-state index in [1.165, 1.54) is 19.2 Å². The number of fused-ring (bicyclic) bond motifs is 1. The smallest absolute Gasteiger partial charge is 0.417 e. The van der Waals surface area contributed by atoms with Crippen molar-refractivity contribution in [3.63, 3.8) is 0 Å². The maximum absolute atomic E-state index is 12.7. The molecule has 3 aromatic rings. The van der Waals surface area contributed by atoms with Crippen LogP contribution in [-0.2, 0) is 10.0 Å². The first-order valence-corrected chi connectivity index (χ1v) is 8.66. The SMILES string of the molecule is COc1ccc(C)cc1NS(=O)(=O)c1cc2oc(=O)[nH]c2cc1Cl. The summed E-state index contributed by atoms with van der Waals surface area (Å²) in [6, 6.07) is 7.61. The topological polar surface area (TPSA) is 101 Å². The fourth-order valence-corrected chi connectivity index (χ4v) is 3.86. The molecule has 0 bridgehead atoms. The highest BCUT2D eigenvalue weighted by Gasteiger charge is 2.22. The number of nitrogens with one attached hydrogen (secondary N) is 2. The number of rotatable bonds is 4. The summed E-state index contributed by atoms with van der Waals surface area (Å²) in [5.74, 6) is -0.321. The van der Waals surface area contributed by atoms with E-state index >= 15 is 0 Å². The van der Waals surface area contributed by atoms with Crippen molar-refractivity contribution >= 4 is 38.4 Å². The van der Waals surface area contributed by atoms with Crippen LogP contribution in [0.3, 0.4) is 0 Å². The number of H-pyrrole nitrogens is 1. The molecule has 0 saturated heterocycles. The molecular weight excluding hydrogens is 356 g/mol. The molecule has 9 heteroatoms. The van der Waals surface area contributed by atoms with Crippen LogP contribution in [0, 0.1) is 6.92 Å². The average Bonchev–Trinajstić information content (AvgIpc) is 2.85. The van der Waals surface area contributed by atoms with Gasteiger partial charge in [0.1, 0.15) is 10.6 Å². The molecule has 2 N–H and O–H groups in total. The maximum Gasteiger partial charge on any atom is 0.417 e. The molecule has 2 aromatic carbocycles. The van der Waals surface area contributed by atoms with Crippen LogP contribution in [0.4, 0.5) is 5.69 Å². The lowest BCUT2D eigenvalue weighted by Gasteiger charge is -2.13. The van der Waals surface area contributed by atoms with E-state index in [9.17, 15) is 13.2 Å². The van der Waals surface area contributed by atoms with E-state index in [0.29, 0.717) is 11.3 Å². The molecule has 0 saturated carbocycles. The zero-order chi connectivity index (χ0) is 17.5. The number of oxazole rings is 1. The Morgan fingerprint density at radius 2 is 2.00 bits per heavy atom. The predicted octanol–water partition coefficient (Wildman–Crippen LogP) is 2.89. The minimum Gasteiger partial charge on any atom is -0.495 e. The molecule has 0 radical (unpaired) electrons. The van der Waals surface area contributed by atoms with Gasteiger partial charge in [-0.05, 0) is 30.7 Å². The summed E-state index contributed by atoms with van der Waals surface area (Å²) in [5.41, 5.74) is 1.55. The molecule has 0 aliphatic heterocycles. The standard InChI is InChI=1S/C15H13ClN2O5S/c1-8-3-4-12(22-2)11(5-8)18-24(20,21)14-7-13-10(6-9(14)16)17-15(19)23-13/h3-7,18H,1-2H3,(H,17,19). The van der Waals surface area contributed by atoms with Gasteiger partial charge in [0, 0.05) is 6.07 Å². The van der Waals surface area contributed by atoms with Crippen LogP contribution in [0.2, 0.25) is 5.02 Å². The molecule has 1 aromatic heterocycles. The lowest BCUT2D eigenvalue weighted by atomic mass is 10.2. The number of sulfonamides is 1. The predicted molar refractivity (Wildman–Crippen MR) is 90.4 cm³/mol. The molecule has 1 heterocycles. The van der Waals surface area contributed by atoms with Crippen molar-refractivity contribution in [3.8, 4) is 5.75 Å². The van der Waals surface area contributed by atoms with Gasteiger partial charge in [0.2, 0.25) is 0 Å². The number of benzene rings is 2. The zero-order valence-corrected chi connectivity index (χ0v) is 14.3. The lowest BCUT2D eigenvalue weighted by Crippen LogP contribution is -2.14. The van der Waals surface area contributed by atoms with E-state index < -0.39 is 15.8 Å². The van der Waals surface area contributed by atoms with Gasteiger partial charge in [0.25, 0.3) is 10.0 Å². The summed E-state index contributed by atoms with van der Waals surface area (Å²) in [5, 5.41) is -0.0429. The molecular formula is C15H13ClN2O5S. The minimum atomic E-state index is -4.01. The van der Waals surface area contributed by atoms with Crippen molar-refractivity contribution in [2.24, 2.45) is 0 Å². The van der Waals surface area contributed by atoms with Gasteiger partial charge >= 0.3 is 5.76 Å². The first-order valence-electron chi connectivity index (χ1n) is 6.80. The Balaban J connectivity index is 2.10. The number of methoxy groups -OCH3 is 1. The Labute approximate surface area is 142 Å². The van der Waals surface area contributed by atoms with Crippen molar-refractivity contribution in [2.45, 2.75) is 11.8 Å². The Bertz CT molecular complexity index is 1080. The minimum absolute atomic E-state index is 0.0429. The quantitative estimate of drug-likeness (QED) is 0.737. The van der Waals surface area contributed by atoms with Crippen molar-refractivity contribution in [1.29, 1.82) is 0 Å². The number of halogens is 1. The Hall–Kier alpha value is -2.45. The van der Waals surface area contributed by atoms with E-state index in [2.05, 4.69) is 9.71 Å². The first kappa shape index (κ1) is 16.4. The fraction of sp³-hybridized carbons (Fsp3) is 0.133. The fourth-order valence-electron chi connectivity index (χ4n) is 2.26. The van der Waals surface area contributed by atoms with Gasteiger partial charge < -0.3 is 9.15 Å². The van der Waals surface area contributed by atoms with E-state index in [0.717, 1.165) is 5.56 Å². The maximum atomic E-state index is 12.7. The number of aromatic amines is 1. The van der Waals surface area contributed by atoms with Gasteiger partial charge in [-0.15, -0.1) is 0 Å². The van der Waals surface area contributed by atoms with Crippen molar-refractivity contribution in [2.75, 3.05) is 11.8 Å². The third-order valence-electron chi connectivity index (χ3n) is 3.36. The summed E-state index contributed by atoms with van der Waals surface area (Å²) in [6.45, 7) is 1.82. The monoisotopic (exact) mass is 368 g/mol. The summed E-state index contributed by atoms with van der Waals surface area (Å²) >= 11 is 6.05. The van der Waals surface area contributed by atoms with Crippen LogP contribution >= 0.6 is 11.6 Å². The van der Waals surface area contributed by atoms with Gasteiger partial charge in [-0.2, -0.15) is 0 Å². The molecule has 3 rings (SSSR count). The molecule has 24 heavy (non-hydrogen) atoms. The lowest BCUT2D eigenvalue weighted by molar-refractivity contribution is 0.417. The van der Waals surface area contributed by atoms with Crippen LogP contribution < -0.4 is 15.2 Å². The second kappa shape index (κ2) is 5.88. The number of hydrogen-bond acceptors (Lipinski definition) is 5. The highest BCUT2D eigenvalue weighted by Crippen LogP contribution is 2.31. The molecule has 126 valence electrons. The van der Waals surface area contributed by atoms with Gasteiger partial charge in [-0.1, -0.05) is 17.7 Å². The summed E-state index contributed by atoms with van der Waals surface area (Å²) in [6.07, 6.45) is 0. The molecule has 0 aliphatic carbocycles. The number of ether oxygens (including phenoxy) is 1. The highest BCUT2D eigenvalue weighted by molar-refractivity contribution is 7.92. The van der Waals surface area contributed by atoms with E-state index in [4.69, 9.17) is 20.8 Å². The van der Waals surface area contributed by atoms with E-state index in [1.54, 1.807) is 18.2 Å². The van der Waals surface area contributed by atoms with Crippen LogP contribution in [-0.4, -0.2) is 20.5 Å². The largest absolute Gasteiger partial charge is 0.495 e. The molecule has 0 amide bonds. The van der Waals surface area contributed by atoms with Crippen molar-refractivity contribution in [1.82, 2.24) is 4.98 Å². The first-order chi connectivity index (χ1) is 11.3. The number of hydrogen-bond donors (Lipinski definition) is 2. The van der Waals surface area contributed by atoms with Crippen LogP contribution in [0.5, 0.6) is 5.75 Å². The molecule has 0 unspecified atom stereocenters. The number of aromatic nitrogens is 1. The van der Waals surface area contributed by atoms with E-state index in [1.807, 2.05) is 6.92 Å². The van der Waals surface area contributed by atoms with Crippen LogP contribution in [0.1, 0.15) is 5.56 Å². The summed E-state index contributed by atoms with van der Waals surface area (Å²) < 4.78 is 37.8. The number of anilines is 1. The molecule has 0 atom stereocenters. The van der Waals surface area contributed by atoms with E-state index in [-0.39, 0.29) is 21.2 Å². The number of aryl methyl sites for hydroxylation is 1. The molecule has 0 fully saturated rings.